The third-order valence-corrected chi connectivity index (χ3v) is 1.42. The molecule has 2 N–H and O–H groups in total. The van der Waals surface area contributed by atoms with Gasteiger partial charge in [-0.3, -0.25) is 4.55 Å². The molecule has 0 aliphatic heterocycles. The van der Waals surface area contributed by atoms with Crippen LogP contribution in [-0.4, -0.2) is 59.5 Å². The first kappa shape index (κ1) is 13.2. The molecule has 0 aromatic heterocycles. The van der Waals surface area contributed by atoms with Crippen LogP contribution in [-0.2, 0) is 10.1 Å². The second kappa shape index (κ2) is 5.29. The number of aliphatic hydroxyl groups excluding tert-OH is 1. The Balaban J connectivity index is 0. The average molecular weight is 176 g/mol. The Morgan fingerprint density at radius 1 is 1.60 bits per heavy atom. The van der Waals surface area contributed by atoms with Gasteiger partial charge in [0.2, 0.25) is 0 Å². The zero-order valence-electron chi connectivity index (χ0n) is 4.69. The summed E-state index contributed by atoms with van der Waals surface area (Å²) in [6.07, 6.45) is -0.145. The quantitative estimate of drug-likeness (QED) is 0.321. The maximum atomic E-state index is 9.95. The second-order valence-electron chi connectivity index (χ2n) is 1.55. The van der Waals surface area contributed by atoms with E-state index in [-0.39, 0.29) is 29.6 Å². The molecular weight excluding hydrogens is 167 g/mol. The SMILES string of the molecule is C=CC(O)CS(=O)(=O)O.[NaH]. The van der Waals surface area contributed by atoms with Gasteiger partial charge in [0.15, 0.2) is 0 Å². The van der Waals surface area contributed by atoms with E-state index in [1.54, 1.807) is 0 Å². The van der Waals surface area contributed by atoms with Crippen molar-refractivity contribution in [2.24, 2.45) is 0 Å². The molecule has 0 aliphatic rings. The van der Waals surface area contributed by atoms with Crippen molar-refractivity contribution in [3.8, 4) is 0 Å². The molecule has 0 heterocycles. The Labute approximate surface area is 82.0 Å². The van der Waals surface area contributed by atoms with Crippen LogP contribution in [0, 0.1) is 0 Å². The Bertz CT molecular complexity index is 185. The Morgan fingerprint density at radius 3 is 2.10 bits per heavy atom. The summed E-state index contributed by atoms with van der Waals surface area (Å²) in [4.78, 5) is 0. The minimum atomic E-state index is -4.06. The monoisotopic (exact) mass is 176 g/mol. The van der Waals surface area contributed by atoms with Gasteiger partial charge in [0.05, 0.1) is 6.10 Å². The summed E-state index contributed by atoms with van der Waals surface area (Å²) < 4.78 is 28.0. The summed E-state index contributed by atoms with van der Waals surface area (Å²) in [5.41, 5.74) is 0. The summed E-state index contributed by atoms with van der Waals surface area (Å²) in [6, 6.07) is 0. The van der Waals surface area contributed by atoms with E-state index >= 15 is 0 Å². The first-order valence-corrected chi connectivity index (χ1v) is 3.82. The Morgan fingerprint density at radius 2 is 2.00 bits per heavy atom. The van der Waals surface area contributed by atoms with Crippen molar-refractivity contribution in [1.82, 2.24) is 0 Å². The van der Waals surface area contributed by atoms with Crippen LogP contribution < -0.4 is 0 Å². The predicted molar refractivity (Wildman–Crippen MR) is 39.8 cm³/mol. The molecule has 0 aliphatic carbocycles. The van der Waals surface area contributed by atoms with Crippen molar-refractivity contribution in [3.05, 3.63) is 12.7 Å². The van der Waals surface area contributed by atoms with Crippen molar-refractivity contribution in [1.29, 1.82) is 0 Å². The molecule has 56 valence electrons. The first-order chi connectivity index (χ1) is 3.95. The van der Waals surface area contributed by atoms with Gasteiger partial charge in [-0.05, 0) is 0 Å². The maximum absolute atomic E-state index is 9.95. The number of rotatable bonds is 3. The van der Waals surface area contributed by atoms with E-state index in [1.807, 2.05) is 0 Å². The van der Waals surface area contributed by atoms with Crippen LogP contribution in [0.5, 0.6) is 0 Å². The molecule has 4 nitrogen and oxygen atoms in total. The molecule has 0 aromatic rings. The van der Waals surface area contributed by atoms with Gasteiger partial charge in [-0.25, -0.2) is 0 Å². The predicted octanol–water partition coefficient (Wildman–Crippen LogP) is -1.23. The fraction of sp³-hybridized carbons (Fsp3) is 0.500. The molecule has 6 heteroatoms. The molecule has 10 heavy (non-hydrogen) atoms. The van der Waals surface area contributed by atoms with E-state index in [0.29, 0.717) is 0 Å². The van der Waals surface area contributed by atoms with Crippen molar-refractivity contribution in [2.75, 3.05) is 5.75 Å². The minimum absolute atomic E-state index is 0. The van der Waals surface area contributed by atoms with Gasteiger partial charge in [-0.15, -0.1) is 6.58 Å². The molecule has 0 aromatic carbocycles. The molecule has 0 fully saturated rings. The van der Waals surface area contributed by atoms with Crippen LogP contribution in [0.25, 0.3) is 0 Å². The molecular formula is C4H9NaO4S. The van der Waals surface area contributed by atoms with Crippen LogP contribution in [0.4, 0.5) is 0 Å². The first-order valence-electron chi connectivity index (χ1n) is 2.21. The average Bonchev–Trinajstić information content (AvgIpc) is 1.62. The summed E-state index contributed by atoms with van der Waals surface area (Å²) in [7, 11) is -4.06. The Hall–Kier alpha value is 0.610. The zero-order valence-corrected chi connectivity index (χ0v) is 5.50. The molecule has 0 bridgehead atoms. The fourth-order valence-electron chi connectivity index (χ4n) is 0.284. The van der Waals surface area contributed by atoms with Gasteiger partial charge in [0.1, 0.15) is 5.75 Å². The van der Waals surface area contributed by atoms with E-state index in [9.17, 15) is 8.42 Å². The number of hydrogen-bond acceptors (Lipinski definition) is 3. The topological polar surface area (TPSA) is 74.6 Å². The van der Waals surface area contributed by atoms with Gasteiger partial charge in [0.25, 0.3) is 10.1 Å². The fourth-order valence-corrected chi connectivity index (χ4v) is 0.852. The van der Waals surface area contributed by atoms with Gasteiger partial charge >= 0.3 is 29.6 Å². The van der Waals surface area contributed by atoms with Crippen molar-refractivity contribution < 1.29 is 18.1 Å². The summed E-state index contributed by atoms with van der Waals surface area (Å²) in [6.45, 7) is 3.12. The summed E-state index contributed by atoms with van der Waals surface area (Å²) in [5.74, 6) is -0.684. The molecule has 0 spiro atoms. The summed E-state index contributed by atoms with van der Waals surface area (Å²) in [5, 5.41) is 8.54. The number of aliphatic hydroxyl groups is 1. The molecule has 1 atom stereocenters. The molecule has 0 radical (unpaired) electrons. The van der Waals surface area contributed by atoms with Crippen LogP contribution in [0.1, 0.15) is 0 Å². The number of hydrogen-bond donors (Lipinski definition) is 2. The van der Waals surface area contributed by atoms with E-state index in [2.05, 4.69) is 6.58 Å². The zero-order chi connectivity index (χ0) is 7.49. The third-order valence-electron chi connectivity index (χ3n) is 0.653. The molecule has 0 saturated heterocycles. The van der Waals surface area contributed by atoms with Gasteiger partial charge < -0.3 is 5.11 Å². The normalized spacial score (nSPS) is 13.4. The van der Waals surface area contributed by atoms with Crippen LogP contribution in [0.15, 0.2) is 12.7 Å². The second-order valence-corrected chi connectivity index (χ2v) is 3.05. The third kappa shape index (κ3) is 8.61. The van der Waals surface area contributed by atoms with Crippen molar-refractivity contribution in [2.45, 2.75) is 6.10 Å². The van der Waals surface area contributed by atoms with E-state index in [0.717, 1.165) is 6.08 Å². The summed E-state index contributed by atoms with van der Waals surface area (Å²) >= 11 is 0. The molecule has 0 rings (SSSR count). The van der Waals surface area contributed by atoms with Crippen molar-refractivity contribution in [3.63, 3.8) is 0 Å². The van der Waals surface area contributed by atoms with Crippen LogP contribution >= 0.6 is 0 Å². The van der Waals surface area contributed by atoms with Crippen molar-refractivity contribution >= 4 is 39.7 Å². The van der Waals surface area contributed by atoms with Crippen LogP contribution in [0.3, 0.4) is 0 Å². The Kier molecular flexibility index (Phi) is 6.99. The molecule has 0 saturated carbocycles. The van der Waals surface area contributed by atoms with E-state index in [4.69, 9.17) is 9.66 Å². The van der Waals surface area contributed by atoms with Gasteiger partial charge in [-0.2, -0.15) is 8.42 Å². The molecule has 1 unspecified atom stereocenters. The standard InChI is InChI=1S/C4H8O4S.Na.H/c1-2-4(5)3-9(6,7)8;;/h2,4-5H,1,3H2,(H,6,7,8);;. The molecule has 0 amide bonds. The van der Waals surface area contributed by atoms with Crippen LogP contribution in [0.2, 0.25) is 0 Å². The van der Waals surface area contributed by atoms with E-state index < -0.39 is 22.0 Å². The van der Waals surface area contributed by atoms with Gasteiger partial charge in [0, 0.05) is 0 Å². The van der Waals surface area contributed by atoms with E-state index in [1.165, 1.54) is 0 Å². The van der Waals surface area contributed by atoms with Gasteiger partial charge in [-0.1, -0.05) is 6.08 Å².